The van der Waals surface area contributed by atoms with Gasteiger partial charge in [0.05, 0.1) is 17.7 Å². The number of carbonyl (C=O) groups is 2. The normalized spacial score (nSPS) is 14.0. The first kappa shape index (κ1) is 20.3. The number of anilines is 1. The monoisotopic (exact) mass is 360 g/mol. The molecule has 0 fully saturated rings. The van der Waals surface area contributed by atoms with Crippen LogP contribution in [-0.4, -0.2) is 47.8 Å². The lowest BCUT2D eigenvalue weighted by molar-refractivity contribution is -0.137. The third-order valence-electron chi connectivity index (χ3n) is 3.76. The Labute approximate surface area is 145 Å². The largest absolute Gasteiger partial charge is 0.396 e. The second-order valence-electron chi connectivity index (χ2n) is 6.25. The van der Waals surface area contributed by atoms with Gasteiger partial charge in [-0.3, -0.25) is 9.59 Å². The molecule has 0 aliphatic carbocycles. The van der Waals surface area contributed by atoms with Gasteiger partial charge in [-0.2, -0.15) is 0 Å². The second-order valence-corrected chi connectivity index (χ2v) is 6.66. The van der Waals surface area contributed by atoms with Crippen LogP contribution in [0.4, 0.5) is 10.1 Å². The van der Waals surface area contributed by atoms with Gasteiger partial charge in [-0.25, -0.2) is 4.39 Å². The SMILES string of the molecule is C[C@@H](CNC(=O)[C@H](O)C(C)(C)CO)N(C=O)c1ccc(F)c(Cl)c1. The Morgan fingerprint density at radius 3 is 2.62 bits per heavy atom. The van der Waals surface area contributed by atoms with E-state index < -0.39 is 29.3 Å². The molecule has 8 heteroatoms. The summed E-state index contributed by atoms with van der Waals surface area (Å²) in [6.07, 6.45) is -0.839. The fraction of sp³-hybridized carbons (Fsp3) is 0.500. The molecule has 2 atom stereocenters. The van der Waals surface area contributed by atoms with Gasteiger partial charge in [0, 0.05) is 17.6 Å². The number of aliphatic hydroxyl groups is 2. The van der Waals surface area contributed by atoms with Gasteiger partial charge >= 0.3 is 0 Å². The van der Waals surface area contributed by atoms with E-state index in [9.17, 15) is 24.2 Å². The van der Waals surface area contributed by atoms with E-state index in [1.165, 1.54) is 17.0 Å². The lowest BCUT2D eigenvalue weighted by atomic mass is 9.87. The minimum absolute atomic E-state index is 0.0607. The highest BCUT2D eigenvalue weighted by atomic mass is 35.5. The maximum atomic E-state index is 13.2. The number of nitrogens with zero attached hydrogens (tertiary/aromatic N) is 1. The van der Waals surface area contributed by atoms with Crippen LogP contribution < -0.4 is 10.2 Å². The number of amides is 2. The van der Waals surface area contributed by atoms with Crippen molar-refractivity contribution in [2.75, 3.05) is 18.1 Å². The number of rotatable bonds is 8. The molecule has 24 heavy (non-hydrogen) atoms. The first-order chi connectivity index (χ1) is 11.1. The van der Waals surface area contributed by atoms with Crippen molar-refractivity contribution in [2.45, 2.75) is 32.9 Å². The van der Waals surface area contributed by atoms with Crippen LogP contribution in [0.1, 0.15) is 20.8 Å². The molecule has 1 aromatic carbocycles. The summed E-state index contributed by atoms with van der Waals surface area (Å²) in [4.78, 5) is 24.6. The molecule has 0 unspecified atom stereocenters. The highest BCUT2D eigenvalue weighted by Crippen LogP contribution is 2.23. The van der Waals surface area contributed by atoms with Gasteiger partial charge < -0.3 is 20.4 Å². The standard InChI is InChI=1S/C16H22ClFN2O4/c1-10(7-19-15(24)14(23)16(2,3)8-21)20(9-22)11-4-5-13(18)12(17)6-11/h4-6,9-10,14,21,23H,7-8H2,1-3H3,(H,19,24)/t10-,14-/m0/s1. The Kier molecular flexibility index (Phi) is 7.13. The predicted octanol–water partition coefficient (Wildman–Crippen LogP) is 1.33. The van der Waals surface area contributed by atoms with Gasteiger partial charge in [0.1, 0.15) is 11.9 Å². The molecule has 0 saturated carbocycles. The van der Waals surface area contributed by atoms with Gasteiger partial charge in [-0.15, -0.1) is 0 Å². The van der Waals surface area contributed by atoms with E-state index in [0.29, 0.717) is 12.1 Å². The first-order valence-electron chi connectivity index (χ1n) is 7.39. The van der Waals surface area contributed by atoms with E-state index in [2.05, 4.69) is 5.32 Å². The molecule has 1 aromatic rings. The molecule has 0 aliphatic heterocycles. The summed E-state index contributed by atoms with van der Waals surface area (Å²) in [6.45, 7) is 4.49. The molecule has 0 aliphatic rings. The van der Waals surface area contributed by atoms with Crippen molar-refractivity contribution in [3.05, 3.63) is 29.0 Å². The third kappa shape index (κ3) is 4.90. The van der Waals surface area contributed by atoms with Gasteiger partial charge in [0.15, 0.2) is 0 Å². The molecular formula is C16H22ClFN2O4. The van der Waals surface area contributed by atoms with Gasteiger partial charge in [-0.05, 0) is 25.1 Å². The number of hydrogen-bond acceptors (Lipinski definition) is 4. The first-order valence-corrected chi connectivity index (χ1v) is 7.77. The van der Waals surface area contributed by atoms with E-state index in [-0.39, 0.29) is 18.2 Å². The second kappa shape index (κ2) is 8.41. The number of halogens is 2. The summed E-state index contributed by atoms with van der Waals surface area (Å²) in [7, 11) is 0. The fourth-order valence-electron chi connectivity index (χ4n) is 1.95. The Morgan fingerprint density at radius 1 is 1.50 bits per heavy atom. The van der Waals surface area contributed by atoms with Crippen LogP contribution in [0.3, 0.4) is 0 Å². The smallest absolute Gasteiger partial charge is 0.249 e. The lowest BCUT2D eigenvalue weighted by Gasteiger charge is -2.29. The number of hydrogen-bond donors (Lipinski definition) is 3. The molecule has 0 radical (unpaired) electrons. The van der Waals surface area contributed by atoms with Crippen molar-refractivity contribution in [2.24, 2.45) is 5.41 Å². The van der Waals surface area contributed by atoms with Crippen molar-refractivity contribution in [3.63, 3.8) is 0 Å². The summed E-state index contributed by atoms with van der Waals surface area (Å²) in [5.41, 5.74) is -0.600. The molecule has 6 nitrogen and oxygen atoms in total. The van der Waals surface area contributed by atoms with Gasteiger partial charge in [-0.1, -0.05) is 25.4 Å². The maximum Gasteiger partial charge on any atom is 0.249 e. The van der Waals surface area contributed by atoms with E-state index in [0.717, 1.165) is 6.07 Å². The molecule has 134 valence electrons. The molecule has 0 aromatic heterocycles. The van der Waals surface area contributed by atoms with E-state index in [1.54, 1.807) is 20.8 Å². The molecule has 2 amide bonds. The van der Waals surface area contributed by atoms with Crippen LogP contribution in [0.5, 0.6) is 0 Å². The van der Waals surface area contributed by atoms with E-state index >= 15 is 0 Å². The molecule has 0 saturated heterocycles. The van der Waals surface area contributed by atoms with E-state index in [4.69, 9.17) is 11.6 Å². The Morgan fingerprint density at radius 2 is 2.12 bits per heavy atom. The van der Waals surface area contributed by atoms with Crippen LogP contribution in [0.2, 0.25) is 5.02 Å². The topological polar surface area (TPSA) is 89.9 Å². The average molecular weight is 361 g/mol. The summed E-state index contributed by atoms with van der Waals surface area (Å²) in [6, 6.07) is 3.40. The van der Waals surface area contributed by atoms with Crippen molar-refractivity contribution < 1.29 is 24.2 Å². The molecule has 3 N–H and O–H groups in total. The quantitative estimate of drug-likeness (QED) is 0.610. The van der Waals surface area contributed by atoms with Crippen LogP contribution in [0.15, 0.2) is 18.2 Å². The van der Waals surface area contributed by atoms with Crippen LogP contribution in [-0.2, 0) is 9.59 Å². The Balaban J connectivity index is 2.74. The van der Waals surface area contributed by atoms with Crippen LogP contribution in [0, 0.1) is 11.2 Å². The van der Waals surface area contributed by atoms with Gasteiger partial charge in [0.2, 0.25) is 12.3 Å². The summed E-state index contributed by atoms with van der Waals surface area (Å²) >= 11 is 5.71. The highest BCUT2D eigenvalue weighted by Gasteiger charge is 2.33. The summed E-state index contributed by atoms with van der Waals surface area (Å²) < 4.78 is 13.2. The number of nitrogens with one attached hydrogen (secondary N) is 1. The number of aliphatic hydroxyl groups excluding tert-OH is 2. The third-order valence-corrected chi connectivity index (χ3v) is 4.05. The minimum atomic E-state index is -1.39. The molecule has 1 rings (SSSR count). The average Bonchev–Trinajstić information content (AvgIpc) is 2.55. The van der Waals surface area contributed by atoms with Crippen molar-refractivity contribution in [3.8, 4) is 0 Å². The predicted molar refractivity (Wildman–Crippen MR) is 89.3 cm³/mol. The molecule has 0 heterocycles. The number of carbonyl (C=O) groups excluding carboxylic acids is 2. The van der Waals surface area contributed by atoms with Crippen molar-refractivity contribution >= 4 is 29.6 Å². The minimum Gasteiger partial charge on any atom is -0.396 e. The zero-order valence-corrected chi connectivity index (χ0v) is 14.5. The van der Waals surface area contributed by atoms with Crippen molar-refractivity contribution in [1.82, 2.24) is 5.32 Å². The summed E-state index contributed by atoms with van der Waals surface area (Å²) in [5.74, 6) is -1.24. The molecular weight excluding hydrogens is 339 g/mol. The summed E-state index contributed by atoms with van der Waals surface area (Å²) in [5, 5.41) is 21.5. The zero-order chi connectivity index (χ0) is 18.5. The molecule has 0 bridgehead atoms. The van der Waals surface area contributed by atoms with Crippen LogP contribution in [0.25, 0.3) is 0 Å². The van der Waals surface area contributed by atoms with Gasteiger partial charge in [0.25, 0.3) is 0 Å². The fourth-order valence-corrected chi connectivity index (χ4v) is 2.12. The van der Waals surface area contributed by atoms with Crippen molar-refractivity contribution in [1.29, 1.82) is 0 Å². The molecule has 0 spiro atoms. The van der Waals surface area contributed by atoms with Crippen LogP contribution >= 0.6 is 11.6 Å². The Bertz CT molecular complexity index is 597. The maximum absolute atomic E-state index is 13.2. The number of benzene rings is 1. The van der Waals surface area contributed by atoms with E-state index in [1.807, 2.05) is 0 Å². The zero-order valence-electron chi connectivity index (χ0n) is 13.8. The Hall–Kier alpha value is -1.70. The highest BCUT2D eigenvalue weighted by molar-refractivity contribution is 6.31. The lowest BCUT2D eigenvalue weighted by Crippen LogP contribution is -2.49.